The van der Waals surface area contributed by atoms with Gasteiger partial charge in [-0.2, -0.15) is 0 Å². The highest BCUT2D eigenvalue weighted by molar-refractivity contribution is 7.99. The second kappa shape index (κ2) is 10.3. The minimum Gasteiger partial charge on any atom is -0.326 e. The Balaban J connectivity index is 1.31. The van der Waals surface area contributed by atoms with Gasteiger partial charge in [-0.25, -0.2) is 0 Å². The molecule has 0 unspecified atom stereocenters. The highest BCUT2D eigenvalue weighted by Crippen LogP contribution is 2.26. The number of thioether (sulfide) groups is 1. The van der Waals surface area contributed by atoms with Crippen LogP contribution in [-0.4, -0.2) is 32.3 Å². The zero-order chi connectivity index (χ0) is 22.3. The topological polar surface area (TPSA) is 88.9 Å². The predicted octanol–water partition coefficient (Wildman–Crippen LogP) is 4.46. The Labute approximate surface area is 193 Å². The van der Waals surface area contributed by atoms with Gasteiger partial charge in [-0.1, -0.05) is 54.2 Å². The number of nitrogens with one attached hydrogen (secondary N) is 2. The van der Waals surface area contributed by atoms with Crippen LogP contribution in [0.5, 0.6) is 0 Å². The maximum Gasteiger partial charge on any atom is 0.234 e. The van der Waals surface area contributed by atoms with Gasteiger partial charge in [0.15, 0.2) is 11.0 Å². The van der Waals surface area contributed by atoms with Gasteiger partial charge in [0.1, 0.15) is 0 Å². The van der Waals surface area contributed by atoms with E-state index in [1.165, 1.54) is 11.8 Å². The zero-order valence-electron chi connectivity index (χ0n) is 17.3. The maximum atomic E-state index is 12.4. The third-order valence-electron chi connectivity index (χ3n) is 4.55. The van der Waals surface area contributed by atoms with Gasteiger partial charge < -0.3 is 15.2 Å². The number of aromatic nitrogens is 3. The maximum absolute atomic E-state index is 12.4. The molecule has 0 fully saturated rings. The van der Waals surface area contributed by atoms with Crippen LogP contribution >= 0.6 is 23.1 Å². The van der Waals surface area contributed by atoms with Crippen LogP contribution in [0.25, 0.3) is 10.7 Å². The van der Waals surface area contributed by atoms with Crippen molar-refractivity contribution in [3.05, 3.63) is 77.7 Å². The minimum atomic E-state index is -0.163. The van der Waals surface area contributed by atoms with E-state index in [1.54, 1.807) is 35.6 Å². The van der Waals surface area contributed by atoms with Gasteiger partial charge in [0, 0.05) is 18.4 Å². The number of carbonyl (C=O) groups is 2. The van der Waals surface area contributed by atoms with Crippen LogP contribution in [0.2, 0.25) is 0 Å². The molecule has 7 nitrogen and oxygen atoms in total. The normalized spacial score (nSPS) is 10.7. The molecule has 9 heteroatoms. The lowest BCUT2D eigenvalue weighted by molar-refractivity contribution is -0.115. The molecule has 2 N–H and O–H groups in total. The van der Waals surface area contributed by atoms with Crippen molar-refractivity contribution in [3.8, 4) is 10.7 Å². The van der Waals surface area contributed by atoms with E-state index in [0.29, 0.717) is 23.0 Å². The third-order valence-corrected chi connectivity index (χ3v) is 6.43. The number of hydrogen-bond donors (Lipinski definition) is 2. The van der Waals surface area contributed by atoms with Crippen molar-refractivity contribution >= 4 is 46.3 Å². The average Bonchev–Trinajstić information content (AvgIpc) is 3.43. The van der Waals surface area contributed by atoms with E-state index in [1.807, 2.05) is 59.5 Å². The summed E-state index contributed by atoms with van der Waals surface area (Å²) in [6.45, 7) is 0. The molecule has 2 heterocycles. The van der Waals surface area contributed by atoms with Crippen LogP contribution in [0.1, 0.15) is 5.56 Å². The van der Waals surface area contributed by atoms with Crippen molar-refractivity contribution in [2.75, 3.05) is 16.4 Å². The zero-order valence-corrected chi connectivity index (χ0v) is 19.0. The fourth-order valence-electron chi connectivity index (χ4n) is 3.05. The molecule has 0 spiro atoms. The van der Waals surface area contributed by atoms with Crippen LogP contribution in [-0.2, 0) is 23.1 Å². The van der Waals surface area contributed by atoms with Gasteiger partial charge in [0.2, 0.25) is 11.8 Å². The lowest BCUT2D eigenvalue weighted by atomic mass is 10.1. The van der Waals surface area contributed by atoms with Crippen molar-refractivity contribution in [2.45, 2.75) is 11.6 Å². The molecule has 2 aromatic heterocycles. The van der Waals surface area contributed by atoms with E-state index in [4.69, 9.17) is 0 Å². The molecule has 0 saturated heterocycles. The second-order valence-corrected chi connectivity index (χ2v) is 8.86. The van der Waals surface area contributed by atoms with Gasteiger partial charge in [0.05, 0.1) is 17.1 Å². The molecular weight excluding hydrogens is 442 g/mol. The molecule has 2 aromatic carbocycles. The van der Waals surface area contributed by atoms with Crippen molar-refractivity contribution in [1.82, 2.24) is 14.8 Å². The van der Waals surface area contributed by atoms with E-state index in [9.17, 15) is 9.59 Å². The molecule has 0 radical (unpaired) electrons. The van der Waals surface area contributed by atoms with Gasteiger partial charge in [0.25, 0.3) is 0 Å². The minimum absolute atomic E-state index is 0.112. The summed E-state index contributed by atoms with van der Waals surface area (Å²) in [5.74, 6) is 0.699. The number of thiophene rings is 1. The first-order valence-electron chi connectivity index (χ1n) is 9.88. The quantitative estimate of drug-likeness (QED) is 0.377. The number of nitrogens with zero attached hydrogens (tertiary/aromatic N) is 3. The first-order chi connectivity index (χ1) is 15.6. The smallest absolute Gasteiger partial charge is 0.234 e. The van der Waals surface area contributed by atoms with E-state index >= 15 is 0 Å². The first kappa shape index (κ1) is 21.8. The Morgan fingerprint density at radius 1 is 0.938 bits per heavy atom. The molecular formula is C23H21N5O2S2. The van der Waals surface area contributed by atoms with Crippen LogP contribution < -0.4 is 10.6 Å². The Kier molecular flexibility index (Phi) is 6.98. The van der Waals surface area contributed by atoms with E-state index in [-0.39, 0.29) is 17.6 Å². The first-order valence-corrected chi connectivity index (χ1v) is 11.7. The summed E-state index contributed by atoms with van der Waals surface area (Å²) < 4.78 is 1.88. The fourth-order valence-corrected chi connectivity index (χ4v) is 4.50. The molecule has 2 amide bonds. The van der Waals surface area contributed by atoms with Crippen molar-refractivity contribution < 1.29 is 9.59 Å². The monoisotopic (exact) mass is 463 g/mol. The van der Waals surface area contributed by atoms with Gasteiger partial charge in [-0.15, -0.1) is 21.5 Å². The number of rotatable bonds is 8. The molecule has 0 bridgehead atoms. The SMILES string of the molecule is Cn1c(SCC(=O)Nc2cccc(NC(=O)Cc3ccccc3)c2)nnc1-c1cccs1. The van der Waals surface area contributed by atoms with Crippen LogP contribution in [0.4, 0.5) is 11.4 Å². The molecule has 0 aliphatic rings. The van der Waals surface area contributed by atoms with Crippen LogP contribution in [0.15, 0.2) is 77.3 Å². The number of benzene rings is 2. The Bertz CT molecular complexity index is 1210. The molecule has 32 heavy (non-hydrogen) atoms. The third kappa shape index (κ3) is 5.63. The molecule has 0 aliphatic heterocycles. The van der Waals surface area contributed by atoms with E-state index in [2.05, 4.69) is 20.8 Å². The summed E-state index contributed by atoms with van der Waals surface area (Å²) >= 11 is 2.91. The number of carbonyl (C=O) groups excluding carboxylic acids is 2. The summed E-state index contributed by atoms with van der Waals surface area (Å²) in [6.07, 6.45) is 0.291. The highest BCUT2D eigenvalue weighted by Gasteiger charge is 2.14. The fraction of sp³-hybridized carbons (Fsp3) is 0.130. The number of hydrogen-bond acceptors (Lipinski definition) is 6. The summed E-state index contributed by atoms with van der Waals surface area (Å²) in [4.78, 5) is 25.7. The van der Waals surface area contributed by atoms with E-state index < -0.39 is 0 Å². The van der Waals surface area contributed by atoms with Gasteiger partial charge >= 0.3 is 0 Å². The van der Waals surface area contributed by atoms with E-state index in [0.717, 1.165) is 16.3 Å². The van der Waals surface area contributed by atoms with Gasteiger partial charge in [-0.05, 0) is 35.2 Å². The number of amides is 2. The molecule has 4 aromatic rings. The van der Waals surface area contributed by atoms with Crippen molar-refractivity contribution in [3.63, 3.8) is 0 Å². The Morgan fingerprint density at radius 3 is 2.41 bits per heavy atom. The molecule has 4 rings (SSSR count). The Morgan fingerprint density at radius 2 is 1.69 bits per heavy atom. The number of anilines is 2. The second-order valence-electron chi connectivity index (χ2n) is 6.97. The summed E-state index contributed by atoms with van der Waals surface area (Å²) in [5.41, 5.74) is 2.19. The molecule has 0 saturated carbocycles. The van der Waals surface area contributed by atoms with Crippen molar-refractivity contribution in [1.29, 1.82) is 0 Å². The predicted molar refractivity (Wildman–Crippen MR) is 129 cm³/mol. The summed E-state index contributed by atoms with van der Waals surface area (Å²) in [6, 6.07) is 20.6. The largest absolute Gasteiger partial charge is 0.326 e. The molecule has 0 atom stereocenters. The van der Waals surface area contributed by atoms with Crippen molar-refractivity contribution in [2.24, 2.45) is 7.05 Å². The highest BCUT2D eigenvalue weighted by atomic mass is 32.2. The van der Waals surface area contributed by atoms with Crippen LogP contribution in [0, 0.1) is 0 Å². The molecule has 0 aliphatic carbocycles. The lowest BCUT2D eigenvalue weighted by Gasteiger charge is -2.09. The standard InChI is InChI=1S/C23H21N5O2S2/c1-28-22(19-11-6-12-31-19)26-27-23(28)32-15-21(30)25-18-10-5-9-17(14-18)24-20(29)13-16-7-3-2-4-8-16/h2-12,14H,13,15H2,1H3,(H,24,29)(H,25,30). The summed E-state index contributed by atoms with van der Waals surface area (Å²) in [5, 5.41) is 16.8. The van der Waals surface area contributed by atoms with Gasteiger partial charge in [-0.3, -0.25) is 9.59 Å². The summed E-state index contributed by atoms with van der Waals surface area (Å²) in [7, 11) is 1.89. The Hall–Kier alpha value is -3.43. The molecule has 162 valence electrons. The lowest BCUT2D eigenvalue weighted by Crippen LogP contribution is -2.16. The average molecular weight is 464 g/mol. The van der Waals surface area contributed by atoms with Crippen LogP contribution in [0.3, 0.4) is 0 Å².